The quantitative estimate of drug-likeness (QED) is 0.838. The lowest BCUT2D eigenvalue weighted by Gasteiger charge is -2.30. The first-order valence-corrected chi connectivity index (χ1v) is 9.11. The SMILES string of the molecule is CCOc1ccccc1Oc1ccccc1C(=O)N1CCC(C(=O)O)CC1. The van der Waals surface area contributed by atoms with Crippen LogP contribution in [0.25, 0.3) is 0 Å². The summed E-state index contributed by atoms with van der Waals surface area (Å²) < 4.78 is 11.6. The van der Waals surface area contributed by atoms with Crippen LogP contribution in [0.3, 0.4) is 0 Å². The molecule has 1 N–H and O–H groups in total. The number of carbonyl (C=O) groups is 2. The number of nitrogens with zero attached hydrogens (tertiary/aromatic N) is 1. The molecule has 0 aromatic heterocycles. The van der Waals surface area contributed by atoms with Gasteiger partial charge in [-0.25, -0.2) is 0 Å². The highest BCUT2D eigenvalue weighted by Gasteiger charge is 2.28. The molecule has 2 aromatic rings. The van der Waals surface area contributed by atoms with Gasteiger partial charge >= 0.3 is 5.97 Å². The van der Waals surface area contributed by atoms with Gasteiger partial charge in [-0.3, -0.25) is 9.59 Å². The highest BCUT2D eigenvalue weighted by Crippen LogP contribution is 2.33. The molecule has 0 unspecified atom stereocenters. The molecular weight excluding hydrogens is 346 g/mol. The summed E-state index contributed by atoms with van der Waals surface area (Å²) in [7, 11) is 0. The molecule has 6 heteroatoms. The fourth-order valence-corrected chi connectivity index (χ4v) is 3.16. The van der Waals surface area contributed by atoms with E-state index in [2.05, 4.69) is 0 Å². The van der Waals surface area contributed by atoms with E-state index in [4.69, 9.17) is 14.6 Å². The van der Waals surface area contributed by atoms with E-state index in [0.29, 0.717) is 55.4 Å². The molecular formula is C21H23NO5. The maximum atomic E-state index is 13.0. The van der Waals surface area contributed by atoms with E-state index >= 15 is 0 Å². The minimum absolute atomic E-state index is 0.150. The van der Waals surface area contributed by atoms with E-state index in [9.17, 15) is 9.59 Å². The molecule has 27 heavy (non-hydrogen) atoms. The maximum Gasteiger partial charge on any atom is 0.306 e. The van der Waals surface area contributed by atoms with Gasteiger partial charge in [0.2, 0.25) is 0 Å². The molecule has 0 aliphatic carbocycles. The molecule has 1 aliphatic heterocycles. The van der Waals surface area contributed by atoms with E-state index in [1.54, 1.807) is 29.2 Å². The first-order valence-electron chi connectivity index (χ1n) is 9.11. The molecule has 2 aromatic carbocycles. The number of ether oxygens (including phenoxy) is 2. The minimum Gasteiger partial charge on any atom is -0.490 e. The fraction of sp³-hybridized carbons (Fsp3) is 0.333. The van der Waals surface area contributed by atoms with Crippen molar-refractivity contribution in [3.63, 3.8) is 0 Å². The predicted octanol–water partition coefficient (Wildman–Crippen LogP) is 3.81. The maximum absolute atomic E-state index is 13.0. The topological polar surface area (TPSA) is 76.1 Å². The van der Waals surface area contributed by atoms with Crippen molar-refractivity contribution in [2.75, 3.05) is 19.7 Å². The number of aliphatic carboxylic acids is 1. The third kappa shape index (κ3) is 4.39. The number of likely N-dealkylation sites (tertiary alicyclic amines) is 1. The van der Waals surface area contributed by atoms with Crippen LogP contribution in [0.2, 0.25) is 0 Å². The fourth-order valence-electron chi connectivity index (χ4n) is 3.16. The van der Waals surface area contributed by atoms with Crippen molar-refractivity contribution in [1.29, 1.82) is 0 Å². The number of carbonyl (C=O) groups excluding carboxylic acids is 1. The highest BCUT2D eigenvalue weighted by atomic mass is 16.5. The molecule has 3 rings (SSSR count). The summed E-state index contributed by atoms with van der Waals surface area (Å²) in [6.45, 7) is 3.27. The van der Waals surface area contributed by atoms with Gasteiger partial charge in [0.25, 0.3) is 5.91 Å². The zero-order valence-electron chi connectivity index (χ0n) is 15.3. The molecule has 0 radical (unpaired) electrons. The average Bonchev–Trinajstić information content (AvgIpc) is 2.69. The van der Waals surface area contributed by atoms with Crippen LogP contribution in [0.15, 0.2) is 48.5 Å². The number of hydrogen-bond acceptors (Lipinski definition) is 4. The number of piperidine rings is 1. The molecule has 0 saturated carbocycles. The predicted molar refractivity (Wildman–Crippen MR) is 100 cm³/mol. The summed E-state index contributed by atoms with van der Waals surface area (Å²) >= 11 is 0. The second-order valence-corrected chi connectivity index (χ2v) is 6.38. The number of rotatable bonds is 6. The van der Waals surface area contributed by atoms with E-state index in [1.165, 1.54) is 0 Å². The Balaban J connectivity index is 1.78. The van der Waals surface area contributed by atoms with Gasteiger partial charge in [0.15, 0.2) is 11.5 Å². The lowest BCUT2D eigenvalue weighted by molar-refractivity contribution is -0.143. The second kappa shape index (κ2) is 8.58. The van der Waals surface area contributed by atoms with E-state index in [0.717, 1.165) is 0 Å². The van der Waals surface area contributed by atoms with Crippen LogP contribution in [0.4, 0.5) is 0 Å². The Morgan fingerprint density at radius 3 is 2.22 bits per heavy atom. The number of carboxylic acid groups (broad SMARTS) is 1. The van der Waals surface area contributed by atoms with Crippen LogP contribution in [0.1, 0.15) is 30.1 Å². The smallest absolute Gasteiger partial charge is 0.306 e. The summed E-state index contributed by atoms with van der Waals surface area (Å²) in [4.78, 5) is 25.8. The molecule has 6 nitrogen and oxygen atoms in total. The van der Waals surface area contributed by atoms with Crippen LogP contribution in [0, 0.1) is 5.92 Å². The standard InChI is InChI=1S/C21H23NO5/c1-2-26-18-9-5-6-10-19(18)27-17-8-4-3-7-16(17)20(23)22-13-11-15(12-14-22)21(24)25/h3-10,15H,2,11-14H2,1H3,(H,24,25). The molecule has 1 saturated heterocycles. The van der Waals surface area contributed by atoms with Gasteiger partial charge in [-0.2, -0.15) is 0 Å². The van der Waals surface area contributed by atoms with Crippen molar-refractivity contribution < 1.29 is 24.2 Å². The highest BCUT2D eigenvalue weighted by molar-refractivity contribution is 5.97. The monoisotopic (exact) mass is 369 g/mol. The molecule has 142 valence electrons. The summed E-state index contributed by atoms with van der Waals surface area (Å²) in [5, 5.41) is 9.12. The van der Waals surface area contributed by atoms with Crippen molar-refractivity contribution in [3.8, 4) is 17.2 Å². The number of carboxylic acids is 1. The Labute approximate surface area is 158 Å². The zero-order valence-corrected chi connectivity index (χ0v) is 15.3. The molecule has 0 spiro atoms. The Morgan fingerprint density at radius 1 is 1.00 bits per heavy atom. The number of benzene rings is 2. The van der Waals surface area contributed by atoms with Gasteiger partial charge in [-0.1, -0.05) is 24.3 Å². The summed E-state index contributed by atoms with van der Waals surface area (Å²) in [6.07, 6.45) is 0.939. The normalized spacial score (nSPS) is 14.6. The third-order valence-electron chi connectivity index (χ3n) is 4.62. The van der Waals surface area contributed by atoms with Crippen LogP contribution in [-0.2, 0) is 4.79 Å². The van der Waals surface area contributed by atoms with E-state index in [-0.39, 0.29) is 11.8 Å². The van der Waals surface area contributed by atoms with Crippen molar-refractivity contribution in [2.24, 2.45) is 5.92 Å². The van der Waals surface area contributed by atoms with Crippen molar-refractivity contribution in [1.82, 2.24) is 4.90 Å². The van der Waals surface area contributed by atoms with E-state index < -0.39 is 5.97 Å². The van der Waals surface area contributed by atoms with E-state index in [1.807, 2.05) is 31.2 Å². The Bertz CT molecular complexity index is 812. The van der Waals surface area contributed by atoms with Gasteiger partial charge in [0, 0.05) is 13.1 Å². The lowest BCUT2D eigenvalue weighted by Crippen LogP contribution is -2.40. The van der Waals surface area contributed by atoms with Gasteiger partial charge in [-0.05, 0) is 44.0 Å². The molecule has 0 bridgehead atoms. The Hall–Kier alpha value is -3.02. The number of amides is 1. The molecule has 0 atom stereocenters. The average molecular weight is 369 g/mol. The first-order chi connectivity index (χ1) is 13.1. The van der Waals surface area contributed by atoms with Crippen molar-refractivity contribution in [3.05, 3.63) is 54.1 Å². The lowest BCUT2D eigenvalue weighted by atomic mass is 9.96. The summed E-state index contributed by atoms with van der Waals surface area (Å²) in [5.41, 5.74) is 0.456. The van der Waals surface area contributed by atoms with Crippen LogP contribution in [-0.4, -0.2) is 41.6 Å². The van der Waals surface area contributed by atoms with Gasteiger partial charge in [0.05, 0.1) is 18.1 Å². The summed E-state index contributed by atoms with van der Waals surface area (Å²) in [6, 6.07) is 14.4. The van der Waals surface area contributed by atoms with Crippen molar-refractivity contribution >= 4 is 11.9 Å². The Kier molecular flexibility index (Phi) is 5.96. The van der Waals surface area contributed by atoms with Gasteiger partial charge in [0.1, 0.15) is 5.75 Å². The number of para-hydroxylation sites is 3. The summed E-state index contributed by atoms with van der Waals surface area (Å²) in [5.74, 6) is 0.295. The molecule has 1 aliphatic rings. The molecule has 1 heterocycles. The van der Waals surface area contributed by atoms with Crippen LogP contribution < -0.4 is 9.47 Å². The first kappa shape index (κ1) is 18.8. The molecule has 1 amide bonds. The van der Waals surface area contributed by atoms with Crippen LogP contribution >= 0.6 is 0 Å². The Morgan fingerprint density at radius 2 is 1.59 bits per heavy atom. The number of hydrogen-bond donors (Lipinski definition) is 1. The van der Waals surface area contributed by atoms with Crippen LogP contribution in [0.5, 0.6) is 17.2 Å². The minimum atomic E-state index is -0.793. The second-order valence-electron chi connectivity index (χ2n) is 6.38. The largest absolute Gasteiger partial charge is 0.490 e. The third-order valence-corrected chi connectivity index (χ3v) is 4.62. The van der Waals surface area contributed by atoms with Gasteiger partial charge in [-0.15, -0.1) is 0 Å². The van der Waals surface area contributed by atoms with Crippen molar-refractivity contribution in [2.45, 2.75) is 19.8 Å². The van der Waals surface area contributed by atoms with Gasteiger partial charge < -0.3 is 19.5 Å². The molecule has 1 fully saturated rings. The zero-order chi connectivity index (χ0) is 19.2.